The molecule has 3 aliphatic carbocycles. The minimum atomic E-state index is 0.122. The minimum Gasteiger partial charge on any atom is -0.403 e. The van der Waals surface area contributed by atoms with Crippen LogP contribution in [0.2, 0.25) is 0 Å². The molecule has 3 saturated carbocycles. The van der Waals surface area contributed by atoms with E-state index in [9.17, 15) is 4.79 Å². The molecule has 0 amide bonds. The Morgan fingerprint density at radius 3 is 1.95 bits per heavy atom. The van der Waals surface area contributed by atoms with Crippen molar-refractivity contribution in [3.63, 3.8) is 0 Å². The first-order chi connectivity index (χ1) is 19.0. The van der Waals surface area contributed by atoms with Crippen molar-refractivity contribution in [2.45, 2.75) is 132 Å². The molecule has 41 heavy (non-hydrogen) atoms. The van der Waals surface area contributed by atoms with Crippen molar-refractivity contribution in [3.8, 4) is 0 Å². The lowest BCUT2D eigenvalue weighted by molar-refractivity contribution is -0.130. The number of hydrogen-bond acceptors (Lipinski definition) is 2. The first kappa shape index (κ1) is 35.4. The average Bonchev–Trinajstić information content (AvgIpc) is 3.21. The summed E-state index contributed by atoms with van der Waals surface area (Å²) in [6, 6.07) is 0. The van der Waals surface area contributed by atoms with Gasteiger partial charge in [0.15, 0.2) is 0 Å². The maximum absolute atomic E-state index is 14.5. The molecule has 3 aliphatic rings. The average molecular weight is 564 g/mol. The van der Waals surface area contributed by atoms with Crippen molar-refractivity contribution in [2.75, 3.05) is 0 Å². The second-order valence-corrected chi connectivity index (χ2v) is 15.7. The standard InChI is InChI=1S/C36H57NO.C3H8/c1-23(22-35(6,7)8)20-29(28-14-12-11-13-15-28)34(38)30-21-31-33(36(31,9)10)32(30)26(4)17-16-24(2)25(3)18-19-27(5)37;1-3-2/h28-33H,1-5,11-22,37H2,6-10H3;3H2,1-2H3. The molecular weight excluding hydrogens is 498 g/mol. The summed E-state index contributed by atoms with van der Waals surface area (Å²) in [5, 5.41) is 0. The van der Waals surface area contributed by atoms with Crippen LogP contribution in [0.4, 0.5) is 0 Å². The van der Waals surface area contributed by atoms with E-state index in [0.29, 0.717) is 40.6 Å². The van der Waals surface area contributed by atoms with Crippen molar-refractivity contribution in [3.05, 3.63) is 60.9 Å². The van der Waals surface area contributed by atoms with Gasteiger partial charge < -0.3 is 5.73 Å². The number of ketones is 1. The van der Waals surface area contributed by atoms with E-state index in [4.69, 9.17) is 5.73 Å². The molecule has 3 rings (SSSR count). The number of hydrogen-bond donors (Lipinski definition) is 1. The molecule has 0 aromatic heterocycles. The zero-order valence-electron chi connectivity index (χ0n) is 28.2. The third-order valence-corrected chi connectivity index (χ3v) is 10.2. The van der Waals surface area contributed by atoms with E-state index in [2.05, 4.69) is 81.4 Å². The van der Waals surface area contributed by atoms with Crippen molar-refractivity contribution in [1.82, 2.24) is 0 Å². The molecule has 0 aromatic carbocycles. The zero-order valence-corrected chi connectivity index (χ0v) is 28.2. The van der Waals surface area contributed by atoms with E-state index >= 15 is 0 Å². The number of carbonyl (C=O) groups is 1. The molecule has 0 heterocycles. The summed E-state index contributed by atoms with van der Waals surface area (Å²) in [6.07, 6.45) is 13.7. The lowest BCUT2D eigenvalue weighted by Gasteiger charge is -2.36. The van der Waals surface area contributed by atoms with Gasteiger partial charge in [0.2, 0.25) is 0 Å². The van der Waals surface area contributed by atoms with Crippen LogP contribution in [0.3, 0.4) is 0 Å². The van der Waals surface area contributed by atoms with Gasteiger partial charge in [0, 0.05) is 17.5 Å². The highest BCUT2D eigenvalue weighted by Crippen LogP contribution is 2.72. The summed E-state index contributed by atoms with van der Waals surface area (Å²) in [6.45, 7) is 37.3. The van der Waals surface area contributed by atoms with Crippen molar-refractivity contribution < 1.29 is 4.79 Å². The Kier molecular flexibility index (Phi) is 13.0. The monoisotopic (exact) mass is 564 g/mol. The van der Waals surface area contributed by atoms with Crippen LogP contribution in [-0.4, -0.2) is 5.78 Å². The van der Waals surface area contributed by atoms with E-state index in [1.807, 2.05) is 0 Å². The van der Waals surface area contributed by atoms with E-state index in [1.165, 1.54) is 49.7 Å². The van der Waals surface area contributed by atoms with Crippen LogP contribution in [0.15, 0.2) is 60.9 Å². The molecular formula is C39H65NO. The third kappa shape index (κ3) is 9.86. The Labute approximate surface area is 255 Å². The molecule has 0 aliphatic heterocycles. The van der Waals surface area contributed by atoms with E-state index in [-0.39, 0.29) is 17.3 Å². The molecule has 0 aromatic rings. The van der Waals surface area contributed by atoms with Crippen molar-refractivity contribution >= 4 is 5.78 Å². The van der Waals surface area contributed by atoms with Gasteiger partial charge in [0.05, 0.1) is 0 Å². The summed E-state index contributed by atoms with van der Waals surface area (Å²) < 4.78 is 0. The molecule has 5 unspecified atom stereocenters. The van der Waals surface area contributed by atoms with Crippen LogP contribution in [0.1, 0.15) is 132 Å². The fraction of sp³-hybridized carbons (Fsp3) is 0.718. The van der Waals surface area contributed by atoms with Crippen LogP contribution >= 0.6 is 0 Å². The fourth-order valence-corrected chi connectivity index (χ4v) is 8.04. The summed E-state index contributed by atoms with van der Waals surface area (Å²) >= 11 is 0. The van der Waals surface area contributed by atoms with Gasteiger partial charge in [-0.1, -0.05) is 129 Å². The Hall–Kier alpha value is -1.83. The molecule has 232 valence electrons. The molecule has 0 radical (unpaired) electrons. The summed E-state index contributed by atoms with van der Waals surface area (Å²) in [5.41, 5.74) is 11.6. The third-order valence-electron chi connectivity index (χ3n) is 10.2. The Balaban J connectivity index is 0.00000187. The number of allylic oxidation sites excluding steroid dienone is 5. The van der Waals surface area contributed by atoms with Gasteiger partial charge in [0.1, 0.15) is 5.78 Å². The maximum atomic E-state index is 14.5. The molecule has 2 nitrogen and oxygen atoms in total. The second-order valence-electron chi connectivity index (χ2n) is 15.7. The molecule has 2 heteroatoms. The molecule has 0 saturated heterocycles. The van der Waals surface area contributed by atoms with Crippen molar-refractivity contribution in [1.29, 1.82) is 0 Å². The van der Waals surface area contributed by atoms with Crippen molar-refractivity contribution in [2.24, 2.45) is 52.1 Å². The van der Waals surface area contributed by atoms with E-state index < -0.39 is 0 Å². The highest BCUT2D eigenvalue weighted by molar-refractivity contribution is 5.85. The SMILES string of the molecule is C=C(N)CCC(=C)C(=C)CCC(=C)C1C(C(=O)C(CC(=C)CC(C)(C)C)C2CCCCC2)CC2C1C2(C)C.CCC. The van der Waals surface area contributed by atoms with Crippen LogP contribution < -0.4 is 5.73 Å². The number of fused-ring (bicyclic) bond motifs is 1. The quantitative estimate of drug-likeness (QED) is 0.169. The summed E-state index contributed by atoms with van der Waals surface area (Å²) in [5.74, 6) is 2.84. The molecule has 3 fully saturated rings. The smallest absolute Gasteiger partial charge is 0.140 e. The van der Waals surface area contributed by atoms with Gasteiger partial charge in [-0.3, -0.25) is 4.79 Å². The molecule has 0 spiro atoms. The number of carbonyl (C=O) groups excluding carboxylic acids is 1. The van der Waals surface area contributed by atoms with Crippen LogP contribution in [0.5, 0.6) is 0 Å². The molecule has 2 N–H and O–H groups in total. The number of rotatable bonds is 14. The van der Waals surface area contributed by atoms with Gasteiger partial charge in [-0.15, -0.1) is 0 Å². The van der Waals surface area contributed by atoms with Gasteiger partial charge in [0.25, 0.3) is 0 Å². The highest BCUT2D eigenvalue weighted by atomic mass is 16.1. The predicted molar refractivity (Wildman–Crippen MR) is 180 cm³/mol. The van der Waals surface area contributed by atoms with E-state index in [0.717, 1.165) is 56.1 Å². The fourth-order valence-electron chi connectivity index (χ4n) is 8.04. The minimum absolute atomic E-state index is 0.122. The maximum Gasteiger partial charge on any atom is 0.140 e. The molecule has 5 atom stereocenters. The summed E-state index contributed by atoms with van der Waals surface area (Å²) in [4.78, 5) is 14.5. The van der Waals surface area contributed by atoms with Crippen LogP contribution in [0.25, 0.3) is 0 Å². The Bertz CT molecular complexity index is 966. The van der Waals surface area contributed by atoms with Crippen LogP contribution in [0, 0.1) is 46.3 Å². The second kappa shape index (κ2) is 15.1. The normalized spacial score (nSPS) is 25.7. The summed E-state index contributed by atoms with van der Waals surface area (Å²) in [7, 11) is 0. The number of Topliss-reactive ketones (excluding diaryl/α,β-unsaturated/α-hetero) is 1. The lowest BCUT2D eigenvalue weighted by Crippen LogP contribution is -2.35. The van der Waals surface area contributed by atoms with Gasteiger partial charge in [-0.05, 0) is 92.3 Å². The van der Waals surface area contributed by atoms with E-state index in [1.54, 1.807) is 0 Å². The topological polar surface area (TPSA) is 43.1 Å². The predicted octanol–water partition coefficient (Wildman–Crippen LogP) is 11.2. The van der Waals surface area contributed by atoms with Gasteiger partial charge in [-0.25, -0.2) is 0 Å². The lowest BCUT2D eigenvalue weighted by atomic mass is 9.68. The highest BCUT2D eigenvalue weighted by Gasteiger charge is 2.68. The largest absolute Gasteiger partial charge is 0.403 e. The first-order valence-corrected chi connectivity index (χ1v) is 16.7. The zero-order chi connectivity index (χ0) is 31.1. The Morgan fingerprint density at radius 1 is 0.902 bits per heavy atom. The van der Waals surface area contributed by atoms with Gasteiger partial charge >= 0.3 is 0 Å². The molecule has 0 bridgehead atoms. The van der Waals surface area contributed by atoms with Gasteiger partial charge in [-0.2, -0.15) is 0 Å². The first-order valence-electron chi connectivity index (χ1n) is 16.7. The number of nitrogens with two attached hydrogens (primary N) is 1. The van der Waals surface area contributed by atoms with Crippen LogP contribution in [-0.2, 0) is 4.79 Å². The Morgan fingerprint density at radius 2 is 1.44 bits per heavy atom.